The van der Waals surface area contributed by atoms with Gasteiger partial charge in [-0.05, 0) is 56.8 Å². The van der Waals surface area contributed by atoms with E-state index in [-0.39, 0.29) is 24.9 Å². The topological polar surface area (TPSA) is 18.5 Å². The van der Waals surface area contributed by atoms with Gasteiger partial charge in [-0.2, -0.15) is 8.78 Å². The predicted octanol–water partition coefficient (Wildman–Crippen LogP) is 7.26. The molecular formula is C23H31F5O2. The maximum Gasteiger partial charge on any atom is 0.400 e. The van der Waals surface area contributed by atoms with Crippen molar-refractivity contribution < 1.29 is 31.4 Å². The van der Waals surface area contributed by atoms with E-state index in [0.29, 0.717) is 30.9 Å². The fraction of sp³-hybridized carbons (Fsp3) is 0.739. The molecule has 3 rings (SSSR count). The molecule has 7 heteroatoms. The molecule has 0 N–H and O–H groups in total. The second-order valence-corrected chi connectivity index (χ2v) is 8.79. The molecule has 1 aliphatic heterocycles. The molecule has 2 aliphatic rings. The number of rotatable bonds is 8. The predicted molar refractivity (Wildman–Crippen MR) is 104 cm³/mol. The van der Waals surface area contributed by atoms with Crippen LogP contribution in [0.25, 0.3) is 0 Å². The molecule has 1 heterocycles. The van der Waals surface area contributed by atoms with Gasteiger partial charge in [0.25, 0.3) is 0 Å². The Labute approximate surface area is 175 Å². The summed E-state index contributed by atoms with van der Waals surface area (Å²) in [7, 11) is 0. The second kappa shape index (κ2) is 10.3. The molecule has 2 unspecified atom stereocenters. The molecular weight excluding hydrogens is 403 g/mol. The number of hydrogen-bond acceptors (Lipinski definition) is 2. The van der Waals surface area contributed by atoms with Crippen molar-refractivity contribution in [1.29, 1.82) is 0 Å². The first kappa shape index (κ1) is 23.3. The van der Waals surface area contributed by atoms with E-state index in [9.17, 15) is 22.0 Å². The molecule has 0 radical (unpaired) electrons. The van der Waals surface area contributed by atoms with Gasteiger partial charge in [-0.15, -0.1) is 0 Å². The average molecular weight is 434 g/mol. The van der Waals surface area contributed by atoms with Crippen molar-refractivity contribution >= 4 is 0 Å². The zero-order valence-corrected chi connectivity index (χ0v) is 17.4. The number of halogens is 5. The van der Waals surface area contributed by atoms with E-state index in [1.165, 1.54) is 25.7 Å². The van der Waals surface area contributed by atoms with Crippen LogP contribution in [-0.4, -0.2) is 18.8 Å². The molecule has 1 aliphatic carbocycles. The Bertz CT molecular complexity index is 657. The van der Waals surface area contributed by atoms with Gasteiger partial charge in [-0.1, -0.05) is 26.2 Å². The third-order valence-corrected chi connectivity index (χ3v) is 6.61. The molecule has 0 spiro atoms. The first-order valence-corrected chi connectivity index (χ1v) is 11.1. The quantitative estimate of drug-likeness (QED) is 0.244. The highest BCUT2D eigenvalue weighted by molar-refractivity contribution is 5.25. The van der Waals surface area contributed by atoms with Crippen LogP contribution in [0.1, 0.15) is 71.1 Å². The van der Waals surface area contributed by atoms with Crippen molar-refractivity contribution in [2.24, 2.45) is 17.8 Å². The van der Waals surface area contributed by atoms with Gasteiger partial charge < -0.3 is 9.47 Å². The third kappa shape index (κ3) is 5.86. The molecule has 1 aromatic carbocycles. The zero-order valence-electron chi connectivity index (χ0n) is 17.4. The van der Waals surface area contributed by atoms with E-state index in [2.05, 4.69) is 11.7 Å². The first-order chi connectivity index (χ1) is 14.3. The Morgan fingerprint density at radius 1 is 0.967 bits per heavy atom. The van der Waals surface area contributed by atoms with Crippen LogP contribution < -0.4 is 4.74 Å². The van der Waals surface area contributed by atoms with E-state index in [4.69, 9.17) is 4.74 Å². The lowest BCUT2D eigenvalue weighted by atomic mass is 9.76. The molecule has 1 saturated heterocycles. The van der Waals surface area contributed by atoms with E-state index in [1.807, 2.05) is 0 Å². The van der Waals surface area contributed by atoms with E-state index >= 15 is 0 Å². The van der Waals surface area contributed by atoms with Crippen molar-refractivity contribution in [3.63, 3.8) is 0 Å². The number of alkyl halides is 2. The molecule has 1 aromatic rings. The van der Waals surface area contributed by atoms with Gasteiger partial charge in [0.15, 0.2) is 17.5 Å². The molecule has 0 bridgehead atoms. The normalized spacial score (nSPS) is 27.8. The number of hydrogen-bond donors (Lipinski definition) is 0. The first-order valence-electron chi connectivity index (χ1n) is 11.1. The molecule has 2 fully saturated rings. The smallest absolute Gasteiger partial charge is 0.400 e. The highest BCUT2D eigenvalue weighted by Crippen LogP contribution is 2.43. The molecule has 1 saturated carbocycles. The van der Waals surface area contributed by atoms with Gasteiger partial charge in [0.2, 0.25) is 0 Å². The third-order valence-electron chi connectivity index (χ3n) is 6.61. The summed E-state index contributed by atoms with van der Waals surface area (Å²) in [5, 5.41) is 0. The minimum absolute atomic E-state index is 0.128. The highest BCUT2D eigenvalue weighted by atomic mass is 19.3. The van der Waals surface area contributed by atoms with Gasteiger partial charge in [-0.3, -0.25) is 0 Å². The van der Waals surface area contributed by atoms with Crippen LogP contribution in [0.2, 0.25) is 0 Å². The lowest BCUT2D eigenvalue weighted by Crippen LogP contribution is -2.40. The van der Waals surface area contributed by atoms with Crippen LogP contribution >= 0.6 is 0 Å². The number of ether oxygens (including phenoxy) is 2. The maximum atomic E-state index is 14.5. The van der Waals surface area contributed by atoms with Crippen LogP contribution in [0.15, 0.2) is 12.1 Å². The SMILES string of the molecule is CCCCCC1CCC(C2CCC(C(F)(F)Oc3cc(F)c(F)c(F)c3)CC2)OC1. The number of benzene rings is 1. The maximum absolute atomic E-state index is 14.5. The Morgan fingerprint density at radius 3 is 2.20 bits per heavy atom. The molecule has 0 amide bonds. The van der Waals surface area contributed by atoms with E-state index < -0.39 is 35.2 Å². The van der Waals surface area contributed by atoms with E-state index in [0.717, 1.165) is 19.4 Å². The van der Waals surface area contributed by atoms with Gasteiger partial charge in [0.1, 0.15) is 5.75 Å². The Kier molecular flexibility index (Phi) is 7.99. The minimum atomic E-state index is -3.57. The fourth-order valence-corrected chi connectivity index (χ4v) is 4.77. The van der Waals surface area contributed by atoms with Crippen molar-refractivity contribution in [3.8, 4) is 5.75 Å². The standard InChI is InChI=1S/C23H31F5O2/c1-2-3-4-5-15-6-11-21(29-14-15)16-7-9-17(10-8-16)23(27,28)30-18-12-19(24)22(26)20(25)13-18/h12-13,15-17,21H,2-11,14H2,1H3. The Balaban J connectivity index is 1.47. The summed E-state index contributed by atoms with van der Waals surface area (Å²) in [4.78, 5) is 0. The molecule has 2 atom stereocenters. The summed E-state index contributed by atoms with van der Waals surface area (Å²) in [6, 6.07) is 0.898. The molecule has 0 aromatic heterocycles. The van der Waals surface area contributed by atoms with Crippen LogP contribution in [0.3, 0.4) is 0 Å². The van der Waals surface area contributed by atoms with Crippen LogP contribution in [0, 0.1) is 35.2 Å². The van der Waals surface area contributed by atoms with Gasteiger partial charge in [0.05, 0.1) is 12.0 Å². The monoisotopic (exact) mass is 434 g/mol. The Hall–Kier alpha value is -1.37. The van der Waals surface area contributed by atoms with Crippen LogP contribution in [-0.2, 0) is 4.74 Å². The summed E-state index contributed by atoms with van der Waals surface area (Å²) >= 11 is 0. The lowest BCUT2D eigenvalue weighted by molar-refractivity contribution is -0.225. The molecule has 30 heavy (non-hydrogen) atoms. The Morgan fingerprint density at radius 2 is 1.63 bits per heavy atom. The largest absolute Gasteiger partial charge is 0.432 e. The summed E-state index contributed by atoms with van der Waals surface area (Å²) in [5.41, 5.74) is 0. The molecule has 170 valence electrons. The lowest BCUT2D eigenvalue weighted by Gasteiger charge is -2.39. The van der Waals surface area contributed by atoms with Gasteiger partial charge in [-0.25, -0.2) is 13.2 Å². The molecule has 2 nitrogen and oxygen atoms in total. The summed E-state index contributed by atoms with van der Waals surface area (Å²) in [6.45, 7) is 2.95. The zero-order chi connectivity index (χ0) is 21.7. The van der Waals surface area contributed by atoms with Crippen molar-refractivity contribution in [2.75, 3.05) is 6.61 Å². The average Bonchev–Trinajstić information content (AvgIpc) is 2.72. The van der Waals surface area contributed by atoms with Crippen LogP contribution in [0.4, 0.5) is 22.0 Å². The number of unbranched alkanes of at least 4 members (excludes halogenated alkanes) is 2. The minimum Gasteiger partial charge on any atom is -0.432 e. The van der Waals surface area contributed by atoms with Crippen molar-refractivity contribution in [1.82, 2.24) is 0 Å². The summed E-state index contributed by atoms with van der Waals surface area (Å²) < 4.78 is 79.3. The van der Waals surface area contributed by atoms with Crippen LogP contribution in [0.5, 0.6) is 5.75 Å². The summed E-state index contributed by atoms with van der Waals surface area (Å²) in [5.74, 6) is -5.68. The van der Waals surface area contributed by atoms with Gasteiger partial charge >= 0.3 is 6.11 Å². The summed E-state index contributed by atoms with van der Waals surface area (Å²) in [6.07, 6.45) is 5.29. The van der Waals surface area contributed by atoms with Crippen molar-refractivity contribution in [2.45, 2.75) is 83.3 Å². The van der Waals surface area contributed by atoms with Crippen molar-refractivity contribution in [3.05, 3.63) is 29.6 Å². The second-order valence-electron chi connectivity index (χ2n) is 8.79. The van der Waals surface area contributed by atoms with Gasteiger partial charge in [0, 0.05) is 18.7 Å². The fourth-order valence-electron chi connectivity index (χ4n) is 4.77. The highest BCUT2D eigenvalue weighted by Gasteiger charge is 2.45. The van der Waals surface area contributed by atoms with E-state index in [1.54, 1.807) is 0 Å².